The third-order valence-corrected chi connectivity index (χ3v) is 3.34. The number of benzene rings is 2. The van der Waals surface area contributed by atoms with E-state index in [9.17, 15) is 4.79 Å². The number of unbranched alkanes of at least 4 members (excludes halogenated alkanes) is 1. The number of rotatable bonds is 7. The van der Waals surface area contributed by atoms with Crippen molar-refractivity contribution in [1.29, 1.82) is 0 Å². The molecule has 0 unspecified atom stereocenters. The summed E-state index contributed by atoms with van der Waals surface area (Å²) in [7, 11) is 0. The number of fused-ring (bicyclic) bond motifs is 1. The lowest BCUT2D eigenvalue weighted by molar-refractivity contribution is 0.0913. The van der Waals surface area contributed by atoms with E-state index in [0.29, 0.717) is 24.4 Å². The van der Waals surface area contributed by atoms with Crippen molar-refractivity contribution in [2.45, 2.75) is 19.8 Å². The zero-order valence-electron chi connectivity index (χ0n) is 12.4. The number of ether oxygens (including phenoxy) is 1. The number of nitrogens with two attached hydrogens (primary N) is 1. The zero-order chi connectivity index (χ0) is 15.1. The number of nitrogens with one attached hydrogen (secondary N) is 1. The molecule has 0 heterocycles. The van der Waals surface area contributed by atoms with E-state index in [1.165, 1.54) is 0 Å². The minimum atomic E-state index is -0.155. The quantitative estimate of drug-likeness (QED) is 0.607. The van der Waals surface area contributed by atoms with Crippen molar-refractivity contribution in [3.63, 3.8) is 0 Å². The molecule has 0 aliphatic carbocycles. The molecule has 0 atom stereocenters. The van der Waals surface area contributed by atoms with Crippen molar-refractivity contribution >= 4 is 22.4 Å². The Bertz CT molecular complexity index is 611. The van der Waals surface area contributed by atoms with Crippen molar-refractivity contribution < 1.29 is 9.53 Å². The molecule has 2 rings (SSSR count). The van der Waals surface area contributed by atoms with Gasteiger partial charge in [0, 0.05) is 18.8 Å². The van der Waals surface area contributed by atoms with Gasteiger partial charge in [0.25, 0.3) is 5.91 Å². The van der Waals surface area contributed by atoms with Crippen LogP contribution in [0.4, 0.5) is 5.69 Å². The second kappa shape index (κ2) is 7.64. The van der Waals surface area contributed by atoms with Crippen molar-refractivity contribution in [2.75, 3.05) is 25.5 Å². The zero-order valence-corrected chi connectivity index (χ0v) is 12.4. The highest BCUT2D eigenvalue weighted by Gasteiger charge is 2.10. The summed E-state index contributed by atoms with van der Waals surface area (Å²) >= 11 is 0. The van der Waals surface area contributed by atoms with Crippen LogP contribution in [-0.2, 0) is 4.74 Å². The fourth-order valence-corrected chi connectivity index (χ4v) is 2.13. The molecule has 0 spiro atoms. The summed E-state index contributed by atoms with van der Waals surface area (Å²) < 4.78 is 5.41. The number of hydrogen-bond acceptors (Lipinski definition) is 3. The van der Waals surface area contributed by atoms with Gasteiger partial charge in [-0.1, -0.05) is 37.6 Å². The Kier molecular flexibility index (Phi) is 5.58. The Morgan fingerprint density at radius 3 is 2.62 bits per heavy atom. The predicted octanol–water partition coefficient (Wildman–Crippen LogP) is 2.97. The van der Waals surface area contributed by atoms with Gasteiger partial charge in [-0.25, -0.2) is 0 Å². The summed E-state index contributed by atoms with van der Waals surface area (Å²) in [5.74, 6) is -0.155. The van der Waals surface area contributed by atoms with Crippen molar-refractivity contribution in [3.8, 4) is 0 Å². The maximum Gasteiger partial charge on any atom is 0.253 e. The molecule has 1 amide bonds. The van der Waals surface area contributed by atoms with Crippen molar-refractivity contribution in [3.05, 3.63) is 42.0 Å². The molecule has 0 radical (unpaired) electrons. The normalized spacial score (nSPS) is 10.7. The topological polar surface area (TPSA) is 64.3 Å². The van der Waals surface area contributed by atoms with E-state index in [1.54, 1.807) is 0 Å². The standard InChI is InChI=1S/C17H22N2O2/c1-2-3-9-21-10-8-19-17(20)15-11-13-6-4-5-7-14(13)12-16(15)18/h4-7,11-12H,2-3,8-10,18H2,1H3,(H,19,20). The average Bonchev–Trinajstić information content (AvgIpc) is 2.49. The molecule has 0 fully saturated rings. The van der Waals surface area contributed by atoms with Gasteiger partial charge in [-0.3, -0.25) is 4.79 Å². The lowest BCUT2D eigenvalue weighted by Crippen LogP contribution is -2.28. The molecule has 0 aliphatic heterocycles. The fraction of sp³-hybridized carbons (Fsp3) is 0.353. The highest BCUT2D eigenvalue weighted by Crippen LogP contribution is 2.21. The average molecular weight is 286 g/mol. The van der Waals surface area contributed by atoms with Gasteiger partial charge in [0.1, 0.15) is 0 Å². The summed E-state index contributed by atoms with van der Waals surface area (Å²) in [6.07, 6.45) is 2.16. The second-order valence-corrected chi connectivity index (χ2v) is 5.01. The van der Waals surface area contributed by atoms with Gasteiger partial charge in [0.2, 0.25) is 0 Å². The summed E-state index contributed by atoms with van der Waals surface area (Å²) in [4.78, 5) is 12.2. The number of hydrogen-bond donors (Lipinski definition) is 2. The number of carbonyl (C=O) groups is 1. The monoisotopic (exact) mass is 286 g/mol. The summed E-state index contributed by atoms with van der Waals surface area (Å²) in [6, 6.07) is 11.5. The van der Waals surface area contributed by atoms with Crippen LogP contribution in [-0.4, -0.2) is 25.7 Å². The first kappa shape index (κ1) is 15.3. The fourth-order valence-electron chi connectivity index (χ4n) is 2.13. The van der Waals surface area contributed by atoms with Crippen molar-refractivity contribution in [1.82, 2.24) is 5.32 Å². The van der Waals surface area contributed by atoms with Crippen LogP contribution in [0.15, 0.2) is 36.4 Å². The summed E-state index contributed by atoms with van der Waals surface area (Å²) in [5, 5.41) is 4.88. The molecular weight excluding hydrogens is 264 g/mol. The van der Waals surface area contributed by atoms with Gasteiger partial charge in [-0.05, 0) is 29.3 Å². The lowest BCUT2D eigenvalue weighted by atomic mass is 10.0. The molecule has 4 nitrogen and oxygen atoms in total. The van der Waals surface area contributed by atoms with Gasteiger partial charge in [0.05, 0.1) is 12.2 Å². The summed E-state index contributed by atoms with van der Waals surface area (Å²) in [5.41, 5.74) is 6.98. The lowest BCUT2D eigenvalue weighted by Gasteiger charge is -2.09. The van der Waals surface area contributed by atoms with Crippen LogP contribution >= 0.6 is 0 Å². The molecular formula is C17H22N2O2. The van der Waals surface area contributed by atoms with Crippen LogP contribution in [0.3, 0.4) is 0 Å². The highest BCUT2D eigenvalue weighted by atomic mass is 16.5. The molecule has 0 bridgehead atoms. The smallest absolute Gasteiger partial charge is 0.253 e. The van der Waals surface area contributed by atoms with Gasteiger partial charge >= 0.3 is 0 Å². The van der Waals surface area contributed by atoms with Gasteiger partial charge < -0.3 is 15.8 Å². The molecule has 0 saturated carbocycles. The SMILES string of the molecule is CCCCOCCNC(=O)c1cc2ccccc2cc1N. The first-order valence-corrected chi connectivity index (χ1v) is 7.36. The van der Waals surface area contributed by atoms with Crippen LogP contribution in [0, 0.1) is 0 Å². The Labute approximate surface area is 125 Å². The van der Waals surface area contributed by atoms with E-state index < -0.39 is 0 Å². The van der Waals surface area contributed by atoms with Crippen LogP contribution in [0.5, 0.6) is 0 Å². The molecule has 3 N–H and O–H groups in total. The second-order valence-electron chi connectivity index (χ2n) is 5.01. The van der Waals surface area contributed by atoms with E-state index >= 15 is 0 Å². The van der Waals surface area contributed by atoms with Crippen LogP contribution in [0.2, 0.25) is 0 Å². The summed E-state index contributed by atoms with van der Waals surface area (Å²) in [6.45, 7) is 3.88. The Morgan fingerprint density at radius 2 is 1.90 bits per heavy atom. The van der Waals surface area contributed by atoms with E-state index in [0.717, 1.165) is 30.2 Å². The highest BCUT2D eigenvalue weighted by molar-refractivity contribution is 6.03. The molecule has 4 heteroatoms. The maximum atomic E-state index is 12.2. The minimum Gasteiger partial charge on any atom is -0.398 e. The van der Waals surface area contributed by atoms with E-state index in [1.807, 2.05) is 36.4 Å². The van der Waals surface area contributed by atoms with Gasteiger partial charge in [-0.2, -0.15) is 0 Å². The van der Waals surface area contributed by atoms with Crippen LogP contribution < -0.4 is 11.1 Å². The molecule has 112 valence electrons. The van der Waals surface area contributed by atoms with E-state index in [2.05, 4.69) is 12.2 Å². The molecule has 21 heavy (non-hydrogen) atoms. The maximum absolute atomic E-state index is 12.2. The van der Waals surface area contributed by atoms with E-state index in [4.69, 9.17) is 10.5 Å². The Hall–Kier alpha value is -2.07. The third kappa shape index (κ3) is 4.20. The van der Waals surface area contributed by atoms with E-state index in [-0.39, 0.29) is 5.91 Å². The number of amides is 1. The molecule has 0 aliphatic rings. The number of nitrogen functional groups attached to an aromatic ring is 1. The predicted molar refractivity (Wildman–Crippen MR) is 86.4 cm³/mol. The molecule has 2 aromatic carbocycles. The molecule has 0 saturated heterocycles. The molecule has 2 aromatic rings. The molecule has 0 aromatic heterocycles. The van der Waals surface area contributed by atoms with Crippen molar-refractivity contribution in [2.24, 2.45) is 0 Å². The Morgan fingerprint density at radius 1 is 1.19 bits per heavy atom. The Balaban J connectivity index is 1.94. The van der Waals surface area contributed by atoms with Crippen LogP contribution in [0.25, 0.3) is 10.8 Å². The van der Waals surface area contributed by atoms with Gasteiger partial charge in [0.15, 0.2) is 0 Å². The third-order valence-electron chi connectivity index (χ3n) is 3.34. The number of carbonyl (C=O) groups excluding carboxylic acids is 1. The first-order valence-electron chi connectivity index (χ1n) is 7.36. The minimum absolute atomic E-state index is 0.155. The van der Waals surface area contributed by atoms with Gasteiger partial charge in [-0.15, -0.1) is 0 Å². The largest absolute Gasteiger partial charge is 0.398 e. The number of anilines is 1. The van der Waals surface area contributed by atoms with Crippen LogP contribution in [0.1, 0.15) is 30.1 Å². The first-order chi connectivity index (χ1) is 10.2.